The van der Waals surface area contributed by atoms with E-state index >= 15 is 0 Å². The van der Waals surface area contributed by atoms with Gasteiger partial charge in [-0.2, -0.15) is 0 Å². The van der Waals surface area contributed by atoms with E-state index < -0.39 is 0 Å². The topological polar surface area (TPSA) is 19.4 Å². The third kappa shape index (κ3) is 2.72. The number of nitrogens with zero attached hydrogens (tertiary/aromatic N) is 3. The molecule has 1 aliphatic rings. The second-order valence-electron chi connectivity index (χ2n) is 5.77. The fourth-order valence-corrected chi connectivity index (χ4v) is 3.39. The molecule has 1 atom stereocenters. The number of likely N-dealkylation sites (N-methyl/N-ethyl adjacent to an activating group) is 1. The zero-order valence-corrected chi connectivity index (χ0v) is 13.5. The Hall–Kier alpha value is -1.32. The van der Waals surface area contributed by atoms with E-state index in [1.165, 1.54) is 17.2 Å². The van der Waals surface area contributed by atoms with E-state index in [0.717, 1.165) is 31.0 Å². The summed E-state index contributed by atoms with van der Waals surface area (Å²) < 4.78 is 0. The molecule has 2 heterocycles. The van der Waals surface area contributed by atoms with E-state index in [-0.39, 0.29) is 0 Å². The Morgan fingerprint density at radius 2 is 2.00 bits per heavy atom. The van der Waals surface area contributed by atoms with E-state index in [4.69, 9.17) is 16.6 Å². The van der Waals surface area contributed by atoms with Crippen molar-refractivity contribution in [3.8, 4) is 0 Å². The fourth-order valence-electron chi connectivity index (χ4n) is 3.17. The van der Waals surface area contributed by atoms with Gasteiger partial charge in [-0.1, -0.05) is 31.2 Å². The number of anilines is 1. The van der Waals surface area contributed by atoms with Gasteiger partial charge in [-0.15, -0.1) is 11.6 Å². The lowest BCUT2D eigenvalue weighted by Crippen LogP contribution is -2.51. The molecule has 0 spiro atoms. The minimum atomic E-state index is 0.508. The van der Waals surface area contributed by atoms with Crippen molar-refractivity contribution in [2.45, 2.75) is 25.3 Å². The van der Waals surface area contributed by atoms with Gasteiger partial charge in [0, 0.05) is 43.1 Å². The number of hydrogen-bond acceptors (Lipinski definition) is 3. The highest BCUT2D eigenvalue weighted by Gasteiger charge is 2.24. The van der Waals surface area contributed by atoms with Crippen molar-refractivity contribution in [2.75, 3.05) is 31.6 Å². The molecule has 1 aromatic carbocycles. The van der Waals surface area contributed by atoms with Crippen molar-refractivity contribution in [3.05, 3.63) is 36.0 Å². The maximum absolute atomic E-state index is 6.05. The average Bonchev–Trinajstić information content (AvgIpc) is 2.54. The van der Waals surface area contributed by atoms with Crippen LogP contribution in [0.15, 0.2) is 30.5 Å². The van der Waals surface area contributed by atoms with Crippen molar-refractivity contribution in [3.63, 3.8) is 0 Å². The molecule has 3 nitrogen and oxygen atoms in total. The highest BCUT2D eigenvalue weighted by atomic mass is 35.5. The summed E-state index contributed by atoms with van der Waals surface area (Å²) in [6, 6.07) is 9.06. The molecular formula is C17H22ClN3. The molecule has 0 radical (unpaired) electrons. The molecule has 4 heteroatoms. The first-order valence-corrected chi connectivity index (χ1v) is 8.15. The molecule has 0 aliphatic carbocycles. The van der Waals surface area contributed by atoms with Gasteiger partial charge in [0.25, 0.3) is 0 Å². The maximum atomic E-state index is 6.05. The highest BCUT2D eigenvalue weighted by molar-refractivity contribution is 6.18. The summed E-state index contributed by atoms with van der Waals surface area (Å²) in [5.74, 6) is 1.61. The summed E-state index contributed by atoms with van der Waals surface area (Å²) in [6.07, 6.45) is 3.11. The second-order valence-corrected chi connectivity index (χ2v) is 6.04. The van der Waals surface area contributed by atoms with Crippen LogP contribution in [0.25, 0.3) is 10.8 Å². The summed E-state index contributed by atoms with van der Waals surface area (Å²) >= 11 is 6.05. The van der Waals surface area contributed by atoms with Crippen LogP contribution in [0.4, 0.5) is 5.82 Å². The first-order chi connectivity index (χ1) is 10.2. The van der Waals surface area contributed by atoms with Gasteiger partial charge in [0.2, 0.25) is 0 Å². The third-order valence-electron chi connectivity index (χ3n) is 4.55. The first-order valence-electron chi connectivity index (χ1n) is 7.62. The number of halogens is 1. The lowest BCUT2D eigenvalue weighted by Gasteiger charge is -2.40. The highest BCUT2D eigenvalue weighted by Crippen LogP contribution is 2.29. The summed E-state index contributed by atoms with van der Waals surface area (Å²) in [6.45, 7) is 5.42. The van der Waals surface area contributed by atoms with E-state index in [0.29, 0.717) is 11.9 Å². The van der Waals surface area contributed by atoms with Crippen LogP contribution in [0.3, 0.4) is 0 Å². The van der Waals surface area contributed by atoms with E-state index in [2.05, 4.69) is 48.0 Å². The Bertz CT molecular complexity index is 628. The molecule has 1 saturated heterocycles. The lowest BCUT2D eigenvalue weighted by molar-refractivity contribution is 0.213. The molecule has 1 unspecified atom stereocenters. The van der Waals surface area contributed by atoms with E-state index in [9.17, 15) is 0 Å². The van der Waals surface area contributed by atoms with E-state index in [1.807, 2.05) is 6.20 Å². The quantitative estimate of drug-likeness (QED) is 0.809. The molecule has 0 amide bonds. The summed E-state index contributed by atoms with van der Waals surface area (Å²) in [7, 11) is 2.22. The van der Waals surface area contributed by atoms with Crippen LogP contribution < -0.4 is 4.90 Å². The lowest BCUT2D eigenvalue weighted by atomic mass is 10.1. The van der Waals surface area contributed by atoms with Crippen molar-refractivity contribution in [2.24, 2.45) is 0 Å². The number of fused-ring (bicyclic) bond motifs is 1. The molecule has 0 saturated carbocycles. The fraction of sp³-hybridized carbons (Fsp3) is 0.471. The predicted octanol–water partition coefficient (Wildman–Crippen LogP) is 3.50. The Labute approximate surface area is 131 Å². The summed E-state index contributed by atoms with van der Waals surface area (Å²) in [5, 5.41) is 2.44. The minimum Gasteiger partial charge on any atom is -0.353 e. The molecule has 1 aromatic heterocycles. The van der Waals surface area contributed by atoms with Gasteiger partial charge < -0.3 is 4.90 Å². The van der Waals surface area contributed by atoms with Gasteiger partial charge >= 0.3 is 0 Å². The molecule has 3 rings (SSSR count). The normalized spacial score (nSPS) is 20.1. The van der Waals surface area contributed by atoms with Crippen LogP contribution in [0.5, 0.6) is 0 Å². The zero-order chi connectivity index (χ0) is 14.8. The van der Waals surface area contributed by atoms with Crippen LogP contribution in [0, 0.1) is 0 Å². The summed E-state index contributed by atoms with van der Waals surface area (Å²) in [5.41, 5.74) is 1.11. The van der Waals surface area contributed by atoms with Crippen LogP contribution in [0.1, 0.15) is 18.9 Å². The Morgan fingerprint density at radius 1 is 1.24 bits per heavy atom. The number of pyridine rings is 1. The molecule has 21 heavy (non-hydrogen) atoms. The van der Waals surface area contributed by atoms with Gasteiger partial charge in [-0.05, 0) is 24.4 Å². The maximum Gasteiger partial charge on any atom is 0.136 e. The largest absolute Gasteiger partial charge is 0.353 e. The molecule has 112 valence electrons. The second kappa shape index (κ2) is 6.20. The van der Waals surface area contributed by atoms with Crippen LogP contribution >= 0.6 is 11.6 Å². The van der Waals surface area contributed by atoms with Crippen molar-refractivity contribution in [1.29, 1.82) is 0 Å². The third-order valence-corrected chi connectivity index (χ3v) is 4.84. The molecular weight excluding hydrogens is 282 g/mol. The standard InChI is InChI=1S/C17H22ClN3/c1-3-14-12-21(9-8-20(14)2)17-16-7-5-4-6-15(16)13(10-18)11-19-17/h4-7,11,14H,3,8-10,12H2,1-2H3. The van der Waals surface area contributed by atoms with Gasteiger partial charge in [0.15, 0.2) is 0 Å². The van der Waals surface area contributed by atoms with Crippen molar-refractivity contribution >= 4 is 28.2 Å². The zero-order valence-electron chi connectivity index (χ0n) is 12.7. The molecule has 1 aliphatic heterocycles. The molecule has 0 N–H and O–H groups in total. The molecule has 0 bridgehead atoms. The Kier molecular flexibility index (Phi) is 4.32. The molecule has 1 fully saturated rings. The number of hydrogen-bond donors (Lipinski definition) is 0. The number of piperazine rings is 1. The van der Waals surface area contributed by atoms with Gasteiger partial charge in [-0.25, -0.2) is 4.98 Å². The summed E-state index contributed by atoms with van der Waals surface area (Å²) in [4.78, 5) is 9.59. The van der Waals surface area contributed by atoms with Crippen LogP contribution in [-0.2, 0) is 5.88 Å². The van der Waals surface area contributed by atoms with Crippen LogP contribution in [-0.4, -0.2) is 42.6 Å². The average molecular weight is 304 g/mol. The Balaban J connectivity index is 2.01. The smallest absolute Gasteiger partial charge is 0.136 e. The SMILES string of the molecule is CCC1CN(c2ncc(CCl)c3ccccc23)CCN1C. The van der Waals surface area contributed by atoms with Gasteiger partial charge in [-0.3, -0.25) is 4.90 Å². The Morgan fingerprint density at radius 3 is 2.71 bits per heavy atom. The monoisotopic (exact) mass is 303 g/mol. The minimum absolute atomic E-state index is 0.508. The first kappa shape index (κ1) is 14.6. The number of aromatic nitrogens is 1. The molecule has 2 aromatic rings. The predicted molar refractivity (Wildman–Crippen MR) is 90.2 cm³/mol. The van der Waals surface area contributed by atoms with E-state index in [1.54, 1.807) is 0 Å². The van der Waals surface area contributed by atoms with Gasteiger partial charge in [0.05, 0.1) is 0 Å². The number of benzene rings is 1. The van der Waals surface area contributed by atoms with Crippen molar-refractivity contribution < 1.29 is 0 Å². The number of alkyl halides is 1. The van der Waals surface area contributed by atoms with Crippen molar-refractivity contribution in [1.82, 2.24) is 9.88 Å². The van der Waals surface area contributed by atoms with Crippen LogP contribution in [0.2, 0.25) is 0 Å². The van der Waals surface area contributed by atoms with Gasteiger partial charge in [0.1, 0.15) is 5.82 Å². The number of rotatable bonds is 3.